The van der Waals surface area contributed by atoms with Crippen LogP contribution in [0, 0.1) is 0 Å². The maximum absolute atomic E-state index is 11.6. The zero-order chi connectivity index (χ0) is 16.7. The van der Waals surface area contributed by atoms with Crippen molar-refractivity contribution >= 4 is 41.2 Å². The van der Waals surface area contributed by atoms with Crippen molar-refractivity contribution in [1.29, 1.82) is 0 Å². The van der Waals surface area contributed by atoms with Gasteiger partial charge in [0.15, 0.2) is 0 Å². The van der Waals surface area contributed by atoms with Crippen molar-refractivity contribution in [3.8, 4) is 0 Å². The van der Waals surface area contributed by atoms with Gasteiger partial charge in [-0.05, 0) is 35.4 Å². The average molecular weight is 351 g/mol. The smallest absolute Gasteiger partial charge is 0.329 e. The van der Waals surface area contributed by atoms with Crippen LogP contribution in [0.3, 0.4) is 0 Å². The van der Waals surface area contributed by atoms with Crippen LogP contribution in [-0.2, 0) is 16.1 Å². The van der Waals surface area contributed by atoms with Crippen LogP contribution in [0.15, 0.2) is 47.8 Å². The van der Waals surface area contributed by atoms with Crippen LogP contribution in [0.2, 0.25) is 10.0 Å². The third-order valence-electron chi connectivity index (χ3n) is 2.73. The molecule has 0 spiro atoms. The van der Waals surface area contributed by atoms with Gasteiger partial charge in [0.05, 0.1) is 16.3 Å². The third-order valence-corrected chi connectivity index (χ3v) is 3.47. The first-order chi connectivity index (χ1) is 11.1. The summed E-state index contributed by atoms with van der Waals surface area (Å²) < 4.78 is 0. The van der Waals surface area contributed by atoms with E-state index in [4.69, 9.17) is 23.2 Å². The highest BCUT2D eigenvalue weighted by Crippen LogP contribution is 2.21. The fourth-order valence-electron chi connectivity index (χ4n) is 1.57. The summed E-state index contributed by atoms with van der Waals surface area (Å²) >= 11 is 11.6. The van der Waals surface area contributed by atoms with E-state index < -0.39 is 11.8 Å². The second kappa shape index (κ2) is 8.26. The first-order valence-corrected chi connectivity index (χ1v) is 7.27. The molecule has 2 rings (SSSR count). The van der Waals surface area contributed by atoms with Crippen molar-refractivity contribution in [1.82, 2.24) is 15.7 Å². The number of nitrogens with one attached hydrogen (secondary N) is 2. The molecule has 2 aromatic rings. The highest BCUT2D eigenvalue weighted by Gasteiger charge is 2.11. The SMILES string of the molecule is O=C(NCc1ccncc1)C(=O)N/N=C\c1ccc(Cl)c(Cl)c1. The van der Waals surface area contributed by atoms with E-state index in [1.165, 1.54) is 6.21 Å². The molecule has 0 unspecified atom stereocenters. The predicted molar refractivity (Wildman–Crippen MR) is 88.3 cm³/mol. The van der Waals surface area contributed by atoms with Gasteiger partial charge in [0, 0.05) is 18.9 Å². The highest BCUT2D eigenvalue weighted by atomic mass is 35.5. The zero-order valence-corrected chi connectivity index (χ0v) is 13.3. The molecule has 0 radical (unpaired) electrons. The van der Waals surface area contributed by atoms with Crippen LogP contribution in [0.1, 0.15) is 11.1 Å². The third kappa shape index (κ3) is 5.36. The lowest BCUT2D eigenvalue weighted by Crippen LogP contribution is -2.37. The van der Waals surface area contributed by atoms with E-state index in [0.29, 0.717) is 15.6 Å². The quantitative estimate of drug-likeness (QED) is 0.503. The topological polar surface area (TPSA) is 83.5 Å². The number of aromatic nitrogens is 1. The molecule has 8 heteroatoms. The molecule has 0 fully saturated rings. The van der Waals surface area contributed by atoms with Gasteiger partial charge in [0.25, 0.3) is 0 Å². The molecular weight excluding hydrogens is 339 g/mol. The zero-order valence-electron chi connectivity index (χ0n) is 11.8. The Balaban J connectivity index is 1.82. The number of carbonyl (C=O) groups excluding carboxylic acids is 2. The molecule has 1 aromatic carbocycles. The van der Waals surface area contributed by atoms with Gasteiger partial charge in [-0.15, -0.1) is 0 Å². The highest BCUT2D eigenvalue weighted by molar-refractivity contribution is 6.42. The van der Waals surface area contributed by atoms with Gasteiger partial charge in [-0.3, -0.25) is 14.6 Å². The second-order valence-corrected chi connectivity index (χ2v) is 5.23. The minimum absolute atomic E-state index is 0.227. The minimum Gasteiger partial charge on any atom is -0.344 e. The van der Waals surface area contributed by atoms with Gasteiger partial charge in [-0.25, -0.2) is 5.43 Å². The van der Waals surface area contributed by atoms with Gasteiger partial charge in [0.2, 0.25) is 0 Å². The molecule has 0 saturated heterocycles. The van der Waals surface area contributed by atoms with Crippen LogP contribution in [0.5, 0.6) is 0 Å². The fraction of sp³-hybridized carbons (Fsp3) is 0.0667. The van der Waals surface area contributed by atoms with E-state index >= 15 is 0 Å². The molecule has 118 valence electrons. The van der Waals surface area contributed by atoms with Crippen LogP contribution in [0.25, 0.3) is 0 Å². The van der Waals surface area contributed by atoms with Crippen molar-refractivity contribution in [2.45, 2.75) is 6.54 Å². The Hall–Kier alpha value is -2.44. The number of benzene rings is 1. The molecule has 0 atom stereocenters. The standard InChI is InChI=1S/C15H12Cl2N4O2/c16-12-2-1-11(7-13(12)17)9-20-21-15(23)14(22)19-8-10-3-5-18-6-4-10/h1-7,9H,8H2,(H,19,22)(H,21,23)/b20-9-. The molecule has 6 nitrogen and oxygen atoms in total. The normalized spacial score (nSPS) is 10.5. The Morgan fingerprint density at radius 2 is 1.83 bits per heavy atom. The summed E-state index contributed by atoms with van der Waals surface area (Å²) in [6, 6.07) is 8.34. The summed E-state index contributed by atoms with van der Waals surface area (Å²) in [6.07, 6.45) is 4.56. The van der Waals surface area contributed by atoms with E-state index in [1.54, 1.807) is 42.7 Å². The summed E-state index contributed by atoms with van der Waals surface area (Å²) in [7, 11) is 0. The summed E-state index contributed by atoms with van der Waals surface area (Å²) in [4.78, 5) is 27.0. The summed E-state index contributed by atoms with van der Waals surface area (Å²) in [5, 5.41) is 6.96. The molecule has 0 aliphatic rings. The van der Waals surface area contributed by atoms with Gasteiger partial charge >= 0.3 is 11.8 Å². The van der Waals surface area contributed by atoms with Gasteiger partial charge in [-0.2, -0.15) is 5.10 Å². The van der Waals surface area contributed by atoms with E-state index in [1.807, 2.05) is 0 Å². The largest absolute Gasteiger partial charge is 0.344 e. The Bertz CT molecular complexity index is 736. The number of pyridine rings is 1. The molecule has 1 heterocycles. The number of hydrogen-bond acceptors (Lipinski definition) is 4. The molecule has 23 heavy (non-hydrogen) atoms. The summed E-state index contributed by atoms with van der Waals surface area (Å²) in [5.41, 5.74) is 3.60. The minimum atomic E-state index is -0.865. The van der Waals surface area contributed by atoms with E-state index in [-0.39, 0.29) is 6.54 Å². The fourth-order valence-corrected chi connectivity index (χ4v) is 1.88. The van der Waals surface area contributed by atoms with Crippen molar-refractivity contribution < 1.29 is 9.59 Å². The number of halogens is 2. The molecule has 1 aromatic heterocycles. The monoisotopic (exact) mass is 350 g/mol. The molecule has 0 saturated carbocycles. The molecule has 0 aliphatic heterocycles. The van der Waals surface area contributed by atoms with E-state index in [2.05, 4.69) is 20.8 Å². The number of nitrogens with zero attached hydrogens (tertiary/aromatic N) is 2. The number of amides is 2. The Kier molecular flexibility index (Phi) is 6.08. The van der Waals surface area contributed by atoms with E-state index in [0.717, 1.165) is 5.56 Å². The van der Waals surface area contributed by atoms with Crippen LogP contribution in [-0.4, -0.2) is 23.0 Å². The first kappa shape index (κ1) is 16.9. The Morgan fingerprint density at radius 3 is 2.52 bits per heavy atom. The number of hydrazone groups is 1. The molecule has 2 amide bonds. The van der Waals surface area contributed by atoms with Crippen LogP contribution in [0.4, 0.5) is 0 Å². The average Bonchev–Trinajstić information content (AvgIpc) is 2.56. The lowest BCUT2D eigenvalue weighted by atomic mass is 10.2. The van der Waals surface area contributed by atoms with Crippen molar-refractivity contribution in [3.05, 3.63) is 63.9 Å². The van der Waals surface area contributed by atoms with Crippen LogP contribution >= 0.6 is 23.2 Å². The number of carbonyl (C=O) groups is 2. The summed E-state index contributed by atoms with van der Waals surface area (Å²) in [6.45, 7) is 0.227. The number of rotatable bonds is 4. The molecule has 0 bridgehead atoms. The predicted octanol–water partition coefficient (Wildman–Crippen LogP) is 2.15. The van der Waals surface area contributed by atoms with E-state index in [9.17, 15) is 9.59 Å². The maximum Gasteiger partial charge on any atom is 0.329 e. The molecule has 0 aliphatic carbocycles. The van der Waals surface area contributed by atoms with Crippen LogP contribution < -0.4 is 10.7 Å². The maximum atomic E-state index is 11.6. The van der Waals surface area contributed by atoms with Gasteiger partial charge in [-0.1, -0.05) is 29.3 Å². The van der Waals surface area contributed by atoms with Crippen molar-refractivity contribution in [2.24, 2.45) is 5.10 Å². The summed E-state index contributed by atoms with van der Waals surface area (Å²) in [5.74, 6) is -1.65. The van der Waals surface area contributed by atoms with Crippen molar-refractivity contribution in [2.75, 3.05) is 0 Å². The Labute approximate surface area is 142 Å². The van der Waals surface area contributed by atoms with Gasteiger partial charge in [0.1, 0.15) is 0 Å². The lowest BCUT2D eigenvalue weighted by molar-refractivity contribution is -0.139. The molecular formula is C15H12Cl2N4O2. The second-order valence-electron chi connectivity index (χ2n) is 4.41. The van der Waals surface area contributed by atoms with Crippen molar-refractivity contribution in [3.63, 3.8) is 0 Å². The molecule has 2 N–H and O–H groups in total. The first-order valence-electron chi connectivity index (χ1n) is 6.51. The number of hydrogen-bond donors (Lipinski definition) is 2. The Morgan fingerprint density at radius 1 is 1.09 bits per heavy atom. The van der Waals surface area contributed by atoms with Gasteiger partial charge < -0.3 is 5.32 Å². The lowest BCUT2D eigenvalue weighted by Gasteiger charge is -2.03.